The highest BCUT2D eigenvalue weighted by Gasteiger charge is 2.10. The summed E-state index contributed by atoms with van der Waals surface area (Å²) in [6, 6.07) is 5.38. The van der Waals surface area contributed by atoms with Crippen molar-refractivity contribution in [3.05, 3.63) is 54.0 Å². The Morgan fingerprint density at radius 1 is 1.40 bits per heavy atom. The number of rotatable bonds is 8. The molecule has 1 aromatic carbocycles. The Labute approximate surface area is 149 Å². The van der Waals surface area contributed by atoms with Gasteiger partial charge < -0.3 is 26.8 Å². The maximum absolute atomic E-state index is 10.3. The van der Waals surface area contributed by atoms with Crippen molar-refractivity contribution in [2.24, 2.45) is 11.5 Å². The van der Waals surface area contributed by atoms with Crippen LogP contribution in [-0.2, 0) is 0 Å². The zero-order valence-electron chi connectivity index (χ0n) is 14.9. The number of benzene rings is 1. The van der Waals surface area contributed by atoms with E-state index in [1.165, 1.54) is 0 Å². The predicted molar refractivity (Wildman–Crippen MR) is 103 cm³/mol. The topological polar surface area (TPSA) is 103 Å². The molecule has 0 atom stereocenters. The number of allylic oxidation sites excluding steroid dienone is 2. The molecule has 0 fully saturated rings. The number of phenolic OH excluding ortho intramolecular Hbond substituents is 1. The summed E-state index contributed by atoms with van der Waals surface area (Å²) in [6.07, 6.45) is 7.41. The molecular formula is C18H28N6O. The van der Waals surface area contributed by atoms with E-state index in [2.05, 4.69) is 22.6 Å². The van der Waals surface area contributed by atoms with Gasteiger partial charge in [0.2, 0.25) is 0 Å². The van der Waals surface area contributed by atoms with Crippen LogP contribution in [0.3, 0.4) is 0 Å². The smallest absolute Gasteiger partial charge is 0.127 e. The number of likely N-dealkylation sites (N-methyl/N-ethyl adjacent to an activating group) is 2. The van der Waals surface area contributed by atoms with Crippen molar-refractivity contribution < 1.29 is 5.11 Å². The third-order valence-corrected chi connectivity index (χ3v) is 4.02. The van der Waals surface area contributed by atoms with Gasteiger partial charge in [-0.2, -0.15) is 0 Å². The van der Waals surface area contributed by atoms with Crippen molar-refractivity contribution in [1.82, 2.24) is 15.6 Å². The van der Waals surface area contributed by atoms with E-state index in [1.807, 2.05) is 30.4 Å². The first-order valence-corrected chi connectivity index (χ1v) is 8.42. The molecule has 25 heavy (non-hydrogen) atoms. The number of hydrogen-bond acceptors (Lipinski definition) is 7. The second-order valence-electron chi connectivity index (χ2n) is 5.72. The second-order valence-corrected chi connectivity index (χ2v) is 5.72. The lowest BCUT2D eigenvalue weighted by atomic mass is 10.1. The maximum Gasteiger partial charge on any atom is 0.127 e. The molecule has 136 valence electrons. The van der Waals surface area contributed by atoms with Crippen LogP contribution in [-0.4, -0.2) is 43.2 Å². The first-order chi connectivity index (χ1) is 12.1. The minimum atomic E-state index is 0.128. The van der Waals surface area contributed by atoms with Gasteiger partial charge >= 0.3 is 0 Å². The van der Waals surface area contributed by atoms with Gasteiger partial charge in [-0.3, -0.25) is 5.01 Å². The number of nitrogens with one attached hydrogen (secondary N) is 2. The van der Waals surface area contributed by atoms with Gasteiger partial charge in [-0.15, -0.1) is 0 Å². The third-order valence-electron chi connectivity index (χ3n) is 4.02. The molecule has 0 unspecified atom stereocenters. The fourth-order valence-electron chi connectivity index (χ4n) is 2.54. The van der Waals surface area contributed by atoms with Crippen LogP contribution in [0.2, 0.25) is 0 Å². The van der Waals surface area contributed by atoms with Gasteiger partial charge in [0.05, 0.1) is 11.5 Å². The minimum absolute atomic E-state index is 0.128. The van der Waals surface area contributed by atoms with E-state index in [1.54, 1.807) is 24.3 Å². The average Bonchev–Trinajstić information content (AvgIpc) is 3.14. The highest BCUT2D eigenvalue weighted by atomic mass is 16.3. The van der Waals surface area contributed by atoms with Crippen molar-refractivity contribution in [2.75, 3.05) is 38.2 Å². The molecule has 0 bridgehead atoms. The van der Waals surface area contributed by atoms with Crippen molar-refractivity contribution >= 4 is 11.4 Å². The Morgan fingerprint density at radius 3 is 2.80 bits per heavy atom. The van der Waals surface area contributed by atoms with Crippen LogP contribution >= 0.6 is 0 Å². The van der Waals surface area contributed by atoms with Crippen molar-refractivity contribution in [2.45, 2.75) is 6.92 Å². The van der Waals surface area contributed by atoms with E-state index in [0.717, 1.165) is 31.9 Å². The number of anilines is 1. The molecule has 0 amide bonds. The van der Waals surface area contributed by atoms with Gasteiger partial charge in [-0.05, 0) is 38.3 Å². The second kappa shape index (κ2) is 9.00. The first kappa shape index (κ1) is 18.7. The Morgan fingerprint density at radius 2 is 2.20 bits per heavy atom. The Bertz CT molecular complexity index is 668. The largest absolute Gasteiger partial charge is 0.507 e. The molecular weight excluding hydrogens is 316 g/mol. The summed E-state index contributed by atoms with van der Waals surface area (Å²) in [7, 11) is 1.91. The SMILES string of the molecule is CCN(CCNC)/C(N)=C/C=C(\N)c1ccc(N2C=CCN2)cc1O. The summed E-state index contributed by atoms with van der Waals surface area (Å²) in [5.74, 6) is 0.770. The van der Waals surface area contributed by atoms with E-state index >= 15 is 0 Å². The van der Waals surface area contributed by atoms with Gasteiger partial charge in [-0.1, -0.05) is 6.08 Å². The summed E-state index contributed by atoms with van der Waals surface area (Å²) in [5.41, 5.74) is 17.3. The minimum Gasteiger partial charge on any atom is -0.507 e. The van der Waals surface area contributed by atoms with Gasteiger partial charge in [0.1, 0.15) is 5.75 Å². The molecule has 0 saturated carbocycles. The van der Waals surface area contributed by atoms with Gasteiger partial charge in [0, 0.05) is 49.7 Å². The van der Waals surface area contributed by atoms with Crippen LogP contribution in [0, 0.1) is 0 Å². The molecule has 0 spiro atoms. The lowest BCUT2D eigenvalue weighted by Gasteiger charge is -2.22. The van der Waals surface area contributed by atoms with Crippen molar-refractivity contribution in [3.8, 4) is 5.75 Å². The van der Waals surface area contributed by atoms with Crippen molar-refractivity contribution in [1.29, 1.82) is 0 Å². The standard InChI is InChI=1S/C18H28N6O/c1-3-23(12-10-21-2)18(20)8-7-16(19)15-6-5-14(13-17(15)25)24-11-4-9-22-24/h4-8,11,13,21-22,25H,3,9-10,12,19-20H2,1-2H3/b16-7-,18-8+. The molecule has 2 rings (SSSR count). The van der Waals surface area contributed by atoms with Crippen LogP contribution in [0.4, 0.5) is 5.69 Å². The molecule has 7 heteroatoms. The molecule has 7 nitrogen and oxygen atoms in total. The molecule has 0 aromatic heterocycles. The van der Waals surface area contributed by atoms with Gasteiger partial charge in [0.15, 0.2) is 0 Å². The highest BCUT2D eigenvalue weighted by Crippen LogP contribution is 2.28. The van der Waals surface area contributed by atoms with E-state index < -0.39 is 0 Å². The molecule has 0 radical (unpaired) electrons. The monoisotopic (exact) mass is 344 g/mol. The van der Waals surface area contributed by atoms with Crippen LogP contribution in [0.5, 0.6) is 5.75 Å². The van der Waals surface area contributed by atoms with Crippen LogP contribution < -0.4 is 27.2 Å². The summed E-state index contributed by atoms with van der Waals surface area (Å²) in [6.45, 7) is 5.31. The van der Waals surface area contributed by atoms with Crippen molar-refractivity contribution in [3.63, 3.8) is 0 Å². The number of nitrogens with two attached hydrogens (primary N) is 2. The molecule has 7 N–H and O–H groups in total. The molecule has 0 aliphatic carbocycles. The highest BCUT2D eigenvalue weighted by molar-refractivity contribution is 5.72. The molecule has 1 aliphatic rings. The normalized spacial score (nSPS) is 15.0. The fraction of sp³-hybridized carbons (Fsp3) is 0.333. The van der Waals surface area contributed by atoms with E-state index in [-0.39, 0.29) is 5.75 Å². The number of phenols is 1. The Hall–Kier alpha value is -2.64. The number of hydrogen-bond donors (Lipinski definition) is 5. The zero-order chi connectivity index (χ0) is 18.2. The van der Waals surface area contributed by atoms with Crippen LogP contribution in [0.15, 0.2) is 48.4 Å². The average molecular weight is 344 g/mol. The summed E-state index contributed by atoms with van der Waals surface area (Å²) in [4.78, 5) is 2.05. The molecule has 1 heterocycles. The Balaban J connectivity index is 2.12. The predicted octanol–water partition coefficient (Wildman–Crippen LogP) is 0.872. The zero-order valence-corrected chi connectivity index (χ0v) is 14.9. The number of nitrogens with zero attached hydrogens (tertiary/aromatic N) is 2. The molecule has 0 saturated heterocycles. The lowest BCUT2D eigenvalue weighted by Crippen LogP contribution is -2.33. The van der Waals surface area contributed by atoms with Crippen LogP contribution in [0.1, 0.15) is 12.5 Å². The van der Waals surface area contributed by atoms with E-state index in [0.29, 0.717) is 17.1 Å². The fourth-order valence-corrected chi connectivity index (χ4v) is 2.54. The summed E-state index contributed by atoms with van der Waals surface area (Å²) >= 11 is 0. The maximum atomic E-state index is 10.3. The van der Waals surface area contributed by atoms with E-state index in [9.17, 15) is 5.11 Å². The first-order valence-electron chi connectivity index (χ1n) is 8.42. The van der Waals surface area contributed by atoms with Crippen LogP contribution in [0.25, 0.3) is 5.70 Å². The Kier molecular flexibility index (Phi) is 6.73. The number of hydrazine groups is 1. The number of aromatic hydroxyl groups is 1. The third kappa shape index (κ3) is 4.91. The van der Waals surface area contributed by atoms with E-state index in [4.69, 9.17) is 11.5 Å². The molecule has 1 aromatic rings. The lowest BCUT2D eigenvalue weighted by molar-refractivity contribution is 0.359. The summed E-state index contributed by atoms with van der Waals surface area (Å²) in [5, 5.41) is 15.2. The summed E-state index contributed by atoms with van der Waals surface area (Å²) < 4.78 is 0. The van der Waals surface area contributed by atoms with Gasteiger partial charge in [-0.25, -0.2) is 5.43 Å². The molecule has 1 aliphatic heterocycles. The quantitative estimate of drug-likeness (QED) is 0.446. The van der Waals surface area contributed by atoms with Gasteiger partial charge in [0.25, 0.3) is 0 Å².